The van der Waals surface area contributed by atoms with E-state index < -0.39 is 0 Å². The summed E-state index contributed by atoms with van der Waals surface area (Å²) in [5, 5.41) is 5.98. The zero-order valence-electron chi connectivity index (χ0n) is 80.0. The van der Waals surface area contributed by atoms with Gasteiger partial charge in [0.2, 0.25) is 17.1 Å². The standard InChI is InChI=1S/C27H22FN2O.C27H23N2O.C23H14FN2O.3C15H16N.3Ir/c1-16(2)13-20-14-18(8-10-24(20)28)19-11-12-29-25(15-19)23-6-4-5-21-22-9-7-17(3)30-27(22)31-26(21)23;1-17(2)15-19-8-10-20(11-9-19)21-13-14-28-25(16-21)24-6-4-5-22-23-12-7-18(3)29-27(23)30-26(22)24;1-14-5-10-19-18-3-2-4-20(22(18)27-23(19)26-14)21-13-16(11-12-25-21)15-6-8-17(24)9-7-15;3*1-12(2)11-13-6-8-14(9-7-13)15-5-3-4-10-16-15;;;/h4-5,7-12,14-16H,13H2,1-3H3;4-5,7-14,16-17H,15H2,1-3H3;2-3,5-13H,1H3;3*3-8,10,12H,11H2,1-2H3;;;/q6*-1;;;. The molecule has 17 heteroatoms. The van der Waals surface area contributed by atoms with Crippen molar-refractivity contribution in [2.75, 3.05) is 0 Å². The molecule has 0 aliphatic heterocycles. The zero-order valence-corrected chi connectivity index (χ0v) is 87.2. The molecule has 12 aromatic heterocycles. The first-order valence-corrected chi connectivity index (χ1v) is 46.4. The second kappa shape index (κ2) is 48.7. The molecule has 0 saturated heterocycles. The molecule has 139 heavy (non-hydrogen) atoms. The van der Waals surface area contributed by atoms with Crippen molar-refractivity contribution in [2.45, 2.75) is 122 Å². The minimum absolute atomic E-state index is 0. The van der Waals surface area contributed by atoms with Gasteiger partial charge in [-0.1, -0.05) is 236 Å². The predicted molar refractivity (Wildman–Crippen MR) is 549 cm³/mol. The maximum atomic E-state index is 14.3. The van der Waals surface area contributed by atoms with E-state index >= 15 is 0 Å². The third-order valence-electron chi connectivity index (χ3n) is 22.9. The Balaban J connectivity index is 0.000000143. The van der Waals surface area contributed by atoms with Crippen molar-refractivity contribution < 1.29 is 82.3 Å². The minimum atomic E-state index is -0.254. The van der Waals surface area contributed by atoms with Crippen molar-refractivity contribution in [1.82, 2.24) is 44.9 Å². The van der Waals surface area contributed by atoms with Gasteiger partial charge in [-0.15, -0.1) is 161 Å². The fourth-order valence-corrected chi connectivity index (χ4v) is 16.5. The van der Waals surface area contributed by atoms with E-state index in [0.29, 0.717) is 58.7 Å². The molecule has 0 fully saturated rings. The SMILES string of the molecule is CC(C)Cc1c[c-]c(-c2ccccn2)cc1.CC(C)Cc1c[c-]c(-c2ccccn2)cc1.CC(C)Cc1c[c-]c(-c2ccccn2)cc1.Cc1ccc2c(n1)oc1c(-c3cc(-c4ccc(CC(C)C)cc4)ccn3)[c-]ccc12.Cc1ccc2c(n1)oc1c(-c3cc(-c4ccc(F)c(CC(C)C)c4)ccn3)[c-]ccc12.Cc1ccc2c(n1)oc1c(-c3cc(-c4ccc(F)cc4)ccn3)[c-]ccc12.[Ir].[Ir].[Ir]. The van der Waals surface area contributed by atoms with Gasteiger partial charge in [0.05, 0.1) is 16.7 Å². The molecule has 0 spiro atoms. The molecule has 0 atom stereocenters. The number of benzene rings is 9. The van der Waals surface area contributed by atoms with Gasteiger partial charge < -0.3 is 43.2 Å². The van der Waals surface area contributed by atoms with Crippen LogP contribution in [-0.2, 0) is 92.4 Å². The molecular weight excluding hydrogens is 2250 g/mol. The van der Waals surface area contributed by atoms with Crippen molar-refractivity contribution >= 4 is 66.2 Å². The summed E-state index contributed by atoms with van der Waals surface area (Å²) in [5.74, 6) is 2.69. The van der Waals surface area contributed by atoms with E-state index in [1.54, 1.807) is 30.6 Å². The molecule has 0 unspecified atom stereocenters. The second-order valence-electron chi connectivity index (χ2n) is 36.3. The molecule has 0 bridgehead atoms. The van der Waals surface area contributed by atoms with Crippen molar-refractivity contribution in [3.8, 4) is 101 Å². The molecule has 21 aromatic rings. The van der Waals surface area contributed by atoms with Gasteiger partial charge in [-0.05, 0) is 221 Å². The second-order valence-corrected chi connectivity index (χ2v) is 36.3. The average Bonchev–Trinajstić information content (AvgIpc) is 1.63. The number of halogens is 2. The largest absolute Gasteiger partial charge is 0.486 e. The summed E-state index contributed by atoms with van der Waals surface area (Å²) in [7, 11) is 0. The van der Waals surface area contributed by atoms with Crippen molar-refractivity contribution in [3.05, 3.63) is 415 Å². The number of hydrogen-bond donors (Lipinski definition) is 0. The molecule has 0 N–H and O–H groups in total. The van der Waals surface area contributed by atoms with E-state index in [1.165, 1.54) is 39.9 Å². The van der Waals surface area contributed by atoms with Crippen LogP contribution in [0.1, 0.15) is 114 Å². The van der Waals surface area contributed by atoms with Crippen LogP contribution < -0.4 is 0 Å². The van der Waals surface area contributed by atoms with Gasteiger partial charge in [0.1, 0.15) is 11.6 Å². The van der Waals surface area contributed by atoms with E-state index in [-0.39, 0.29) is 72.0 Å². The van der Waals surface area contributed by atoms with Crippen molar-refractivity contribution in [3.63, 3.8) is 0 Å². The Morgan fingerprint density at radius 1 is 0.266 bits per heavy atom. The molecule has 9 aromatic carbocycles. The summed E-state index contributed by atoms with van der Waals surface area (Å²) < 4.78 is 45.8. The van der Waals surface area contributed by atoms with Gasteiger partial charge in [0, 0.05) is 131 Å². The first-order chi connectivity index (χ1) is 66.0. The van der Waals surface area contributed by atoms with E-state index in [4.69, 9.17) is 13.3 Å². The Morgan fingerprint density at radius 2 is 0.568 bits per heavy atom. The quantitative estimate of drug-likeness (QED) is 0.0708. The summed E-state index contributed by atoms with van der Waals surface area (Å²) in [5.41, 5.74) is 30.1. The van der Waals surface area contributed by atoms with Crippen molar-refractivity contribution in [2.24, 2.45) is 29.6 Å². The maximum Gasteiger partial charge on any atom is 0.216 e. The van der Waals surface area contributed by atoms with Gasteiger partial charge in [0.15, 0.2) is 0 Å². The van der Waals surface area contributed by atoms with Gasteiger partial charge >= 0.3 is 0 Å². The van der Waals surface area contributed by atoms with Crippen LogP contribution in [0.2, 0.25) is 0 Å². The fraction of sp³-hybridized carbons (Fsp3) is 0.189. The van der Waals surface area contributed by atoms with Crippen molar-refractivity contribution in [1.29, 1.82) is 0 Å². The van der Waals surface area contributed by atoms with Crippen LogP contribution in [0.5, 0.6) is 0 Å². The van der Waals surface area contributed by atoms with Crippen LogP contribution in [0.15, 0.2) is 336 Å². The Labute approximate surface area is 854 Å². The van der Waals surface area contributed by atoms with Crippen LogP contribution in [0.4, 0.5) is 8.78 Å². The molecular formula is C122H107F2Ir3N9O3-6. The van der Waals surface area contributed by atoms with E-state index in [1.807, 2.05) is 209 Å². The maximum absolute atomic E-state index is 14.3. The summed E-state index contributed by atoms with van der Waals surface area (Å²) in [6, 6.07) is 113. The van der Waals surface area contributed by atoms with E-state index in [9.17, 15) is 8.78 Å². The first-order valence-electron chi connectivity index (χ1n) is 46.4. The smallest absolute Gasteiger partial charge is 0.216 e. The van der Waals surface area contributed by atoms with Crippen LogP contribution in [0, 0.1) is 98.4 Å². The first kappa shape index (κ1) is 103. The van der Waals surface area contributed by atoms with Gasteiger partial charge in [-0.3, -0.25) is 0 Å². The average molecular weight is 2360 g/mol. The number of nitrogens with zero attached hydrogens (tertiary/aromatic N) is 9. The molecule has 21 rings (SSSR count). The number of aromatic nitrogens is 9. The molecule has 3 radical (unpaired) electrons. The number of hydrogen-bond acceptors (Lipinski definition) is 12. The molecule has 0 aliphatic carbocycles. The van der Waals surface area contributed by atoms with Gasteiger partial charge in [-0.25, -0.2) is 23.7 Å². The summed E-state index contributed by atoms with van der Waals surface area (Å²) >= 11 is 0. The summed E-state index contributed by atoms with van der Waals surface area (Å²) in [4.78, 5) is 40.2. The Kier molecular flexibility index (Phi) is 36.1. The minimum Gasteiger partial charge on any atom is -0.486 e. The molecule has 0 amide bonds. The summed E-state index contributed by atoms with van der Waals surface area (Å²) in [6.07, 6.45) is 15.9. The fourth-order valence-electron chi connectivity index (χ4n) is 16.5. The molecule has 705 valence electrons. The molecule has 0 saturated carbocycles. The van der Waals surface area contributed by atoms with Crippen LogP contribution in [0.3, 0.4) is 0 Å². The van der Waals surface area contributed by atoms with Crippen LogP contribution in [-0.4, -0.2) is 44.9 Å². The number of aryl methyl sites for hydroxylation is 3. The number of pyridine rings is 9. The van der Waals surface area contributed by atoms with Gasteiger partial charge in [-0.2, -0.15) is 0 Å². The Hall–Kier alpha value is -13.5. The normalized spacial score (nSPS) is 11.0. The molecule has 0 aliphatic rings. The van der Waals surface area contributed by atoms with Gasteiger partial charge in [0.25, 0.3) is 0 Å². The number of furan rings is 3. The predicted octanol–water partition coefficient (Wildman–Crippen LogP) is 31.4. The van der Waals surface area contributed by atoms with Crippen LogP contribution >= 0.6 is 0 Å². The monoisotopic (exact) mass is 2360 g/mol. The third kappa shape index (κ3) is 26.7. The van der Waals surface area contributed by atoms with E-state index in [2.05, 4.69) is 241 Å². The Morgan fingerprint density at radius 3 is 0.885 bits per heavy atom. The Bertz CT molecular complexity index is 7380. The number of fused-ring (bicyclic) bond motifs is 9. The zero-order chi connectivity index (χ0) is 94.7. The summed E-state index contributed by atoms with van der Waals surface area (Å²) in [6.45, 7) is 27.9. The molecule has 12 heterocycles. The topological polar surface area (TPSA) is 155 Å². The van der Waals surface area contributed by atoms with E-state index in [0.717, 1.165) is 187 Å². The third-order valence-corrected chi connectivity index (χ3v) is 22.9. The number of rotatable bonds is 19. The molecule has 12 nitrogen and oxygen atoms in total. The van der Waals surface area contributed by atoms with Crippen LogP contribution in [0.25, 0.3) is 167 Å².